The molecule has 1 aromatic heterocycles. The number of hydrogen-bond donors (Lipinski definition) is 1. The lowest BCUT2D eigenvalue weighted by molar-refractivity contribution is -0.126. The lowest BCUT2D eigenvalue weighted by Crippen LogP contribution is -2.43. The molecular formula is C22H30N2O4S2. The van der Waals surface area contributed by atoms with Gasteiger partial charge in [0.15, 0.2) is 0 Å². The van der Waals surface area contributed by atoms with Crippen LogP contribution in [0, 0.1) is 5.92 Å². The molecule has 0 radical (unpaired) electrons. The predicted octanol–water partition coefficient (Wildman–Crippen LogP) is 3.64. The van der Waals surface area contributed by atoms with Crippen molar-refractivity contribution in [1.29, 1.82) is 0 Å². The van der Waals surface area contributed by atoms with Gasteiger partial charge in [-0.1, -0.05) is 39.0 Å². The first-order valence-corrected chi connectivity index (χ1v) is 12.5. The van der Waals surface area contributed by atoms with E-state index in [2.05, 4.69) is 38.2 Å². The number of nitrogens with zero attached hydrogens (tertiary/aromatic N) is 1. The Balaban J connectivity index is 1.39. The minimum Gasteiger partial charge on any atom is -0.492 e. The molecule has 3 rings (SSSR count). The van der Waals surface area contributed by atoms with E-state index in [1.54, 1.807) is 17.5 Å². The summed E-state index contributed by atoms with van der Waals surface area (Å²) in [7, 11) is -3.43. The van der Waals surface area contributed by atoms with E-state index in [-0.39, 0.29) is 17.2 Å². The highest BCUT2D eigenvalue weighted by atomic mass is 32.2. The summed E-state index contributed by atoms with van der Waals surface area (Å²) >= 11 is 1.22. The molecule has 1 aliphatic rings. The smallest absolute Gasteiger partial charge is 0.252 e. The quantitative estimate of drug-likeness (QED) is 0.654. The van der Waals surface area contributed by atoms with Crippen LogP contribution in [0.15, 0.2) is 46.0 Å². The first-order valence-electron chi connectivity index (χ1n) is 10.2. The standard InChI is InChI=1S/C22H30N2O4S2/c1-22(2,3)18-6-8-19(9-7-18)28-15-12-23-21(25)17-10-13-24(14-11-17)30(26,27)20-5-4-16-29-20/h4-9,16-17H,10-15H2,1-3H3,(H,23,25). The normalized spacial score (nSPS) is 16.4. The molecule has 0 saturated carbocycles. The van der Waals surface area contributed by atoms with Crippen LogP contribution in [0.2, 0.25) is 0 Å². The molecule has 1 aliphatic heterocycles. The third-order valence-electron chi connectivity index (χ3n) is 5.30. The molecule has 1 saturated heterocycles. The van der Waals surface area contributed by atoms with Crippen molar-refractivity contribution in [3.8, 4) is 5.75 Å². The van der Waals surface area contributed by atoms with E-state index >= 15 is 0 Å². The van der Waals surface area contributed by atoms with Gasteiger partial charge in [0.1, 0.15) is 16.6 Å². The van der Waals surface area contributed by atoms with E-state index in [9.17, 15) is 13.2 Å². The van der Waals surface area contributed by atoms with E-state index in [0.717, 1.165) is 5.75 Å². The molecule has 164 valence electrons. The second-order valence-electron chi connectivity index (χ2n) is 8.52. The number of nitrogens with one attached hydrogen (secondary N) is 1. The number of amides is 1. The van der Waals surface area contributed by atoms with Gasteiger partial charge in [0, 0.05) is 19.0 Å². The highest BCUT2D eigenvalue weighted by Gasteiger charge is 2.32. The van der Waals surface area contributed by atoms with Crippen LogP contribution in [-0.2, 0) is 20.2 Å². The molecule has 1 fully saturated rings. The molecule has 0 bridgehead atoms. The molecule has 2 aromatic rings. The second kappa shape index (κ2) is 9.49. The zero-order valence-corrected chi connectivity index (χ0v) is 19.4. The van der Waals surface area contributed by atoms with Crippen molar-refractivity contribution in [2.75, 3.05) is 26.2 Å². The highest BCUT2D eigenvalue weighted by Crippen LogP contribution is 2.26. The van der Waals surface area contributed by atoms with Gasteiger partial charge in [-0.3, -0.25) is 4.79 Å². The predicted molar refractivity (Wildman–Crippen MR) is 119 cm³/mol. The van der Waals surface area contributed by atoms with Gasteiger partial charge in [-0.15, -0.1) is 11.3 Å². The van der Waals surface area contributed by atoms with E-state index in [1.807, 2.05) is 12.1 Å². The third-order valence-corrected chi connectivity index (χ3v) is 8.58. The topological polar surface area (TPSA) is 75.7 Å². The van der Waals surface area contributed by atoms with E-state index in [4.69, 9.17) is 4.74 Å². The molecule has 2 heterocycles. The molecule has 0 aliphatic carbocycles. The summed E-state index contributed by atoms with van der Waals surface area (Å²) in [6, 6.07) is 11.4. The fraction of sp³-hybridized carbons (Fsp3) is 0.500. The minimum absolute atomic E-state index is 0.0325. The number of ether oxygens (including phenoxy) is 1. The van der Waals surface area contributed by atoms with Crippen molar-refractivity contribution in [2.24, 2.45) is 5.92 Å². The number of rotatable bonds is 7. The van der Waals surface area contributed by atoms with Gasteiger partial charge in [-0.25, -0.2) is 8.42 Å². The van der Waals surface area contributed by atoms with E-state index in [1.165, 1.54) is 21.2 Å². The average molecular weight is 451 g/mol. The molecule has 1 N–H and O–H groups in total. The van der Waals surface area contributed by atoms with Gasteiger partial charge in [-0.05, 0) is 47.4 Å². The lowest BCUT2D eigenvalue weighted by atomic mass is 9.87. The van der Waals surface area contributed by atoms with Crippen LogP contribution in [0.1, 0.15) is 39.2 Å². The Bertz CT molecular complexity index is 925. The van der Waals surface area contributed by atoms with Crippen LogP contribution < -0.4 is 10.1 Å². The Morgan fingerprint density at radius 3 is 2.40 bits per heavy atom. The van der Waals surface area contributed by atoms with Gasteiger partial charge >= 0.3 is 0 Å². The molecule has 1 amide bonds. The molecule has 8 heteroatoms. The van der Waals surface area contributed by atoms with Crippen molar-refractivity contribution >= 4 is 27.3 Å². The summed E-state index contributed by atoms with van der Waals surface area (Å²) in [5, 5.41) is 4.67. The van der Waals surface area contributed by atoms with Crippen molar-refractivity contribution in [1.82, 2.24) is 9.62 Å². The Kier molecular flexibility index (Phi) is 7.21. The van der Waals surface area contributed by atoms with Crippen molar-refractivity contribution < 1.29 is 17.9 Å². The summed E-state index contributed by atoms with van der Waals surface area (Å²) < 4.78 is 32.7. The monoisotopic (exact) mass is 450 g/mol. The average Bonchev–Trinajstić information content (AvgIpc) is 3.27. The molecule has 0 spiro atoms. The Morgan fingerprint density at radius 2 is 1.83 bits per heavy atom. The summed E-state index contributed by atoms with van der Waals surface area (Å²) in [6.07, 6.45) is 1.07. The Hall–Kier alpha value is -1.90. The molecule has 0 unspecified atom stereocenters. The van der Waals surface area contributed by atoms with E-state index < -0.39 is 10.0 Å². The van der Waals surface area contributed by atoms with Gasteiger partial charge in [0.05, 0.1) is 6.54 Å². The van der Waals surface area contributed by atoms with Gasteiger partial charge in [-0.2, -0.15) is 4.31 Å². The van der Waals surface area contributed by atoms with Crippen molar-refractivity contribution in [3.05, 3.63) is 47.3 Å². The summed E-state index contributed by atoms with van der Waals surface area (Å²) in [5.74, 6) is 0.588. The highest BCUT2D eigenvalue weighted by molar-refractivity contribution is 7.91. The largest absolute Gasteiger partial charge is 0.492 e. The number of carbonyl (C=O) groups excluding carboxylic acids is 1. The maximum atomic E-state index is 12.6. The van der Waals surface area contributed by atoms with Crippen molar-refractivity contribution in [2.45, 2.75) is 43.2 Å². The SMILES string of the molecule is CC(C)(C)c1ccc(OCCNC(=O)C2CCN(S(=O)(=O)c3cccs3)CC2)cc1. The summed E-state index contributed by atoms with van der Waals surface area (Å²) in [5.41, 5.74) is 1.35. The fourth-order valence-electron chi connectivity index (χ4n) is 3.43. The van der Waals surface area contributed by atoms with Crippen LogP contribution in [0.25, 0.3) is 0 Å². The molecule has 1 aromatic carbocycles. The summed E-state index contributed by atoms with van der Waals surface area (Å²) in [6.45, 7) is 8.06. The number of sulfonamides is 1. The zero-order valence-electron chi connectivity index (χ0n) is 17.8. The molecule has 6 nitrogen and oxygen atoms in total. The Morgan fingerprint density at radius 1 is 1.17 bits per heavy atom. The van der Waals surface area contributed by atoms with Gasteiger partial charge in [0.25, 0.3) is 10.0 Å². The van der Waals surface area contributed by atoms with E-state index in [0.29, 0.717) is 43.3 Å². The number of carbonyl (C=O) groups is 1. The van der Waals surface area contributed by atoms with Crippen molar-refractivity contribution in [3.63, 3.8) is 0 Å². The molecule has 0 atom stereocenters. The first-order chi connectivity index (χ1) is 14.2. The lowest BCUT2D eigenvalue weighted by Gasteiger charge is -2.30. The summed E-state index contributed by atoms with van der Waals surface area (Å²) in [4.78, 5) is 12.4. The Labute approximate surface area is 183 Å². The van der Waals surface area contributed by atoms with Crippen LogP contribution in [0.5, 0.6) is 5.75 Å². The number of piperidine rings is 1. The molecular weight excluding hydrogens is 420 g/mol. The maximum Gasteiger partial charge on any atom is 0.252 e. The zero-order chi connectivity index (χ0) is 21.8. The van der Waals surface area contributed by atoms with Crippen LogP contribution in [-0.4, -0.2) is 44.9 Å². The number of hydrogen-bond acceptors (Lipinski definition) is 5. The van der Waals surface area contributed by atoms with Crippen LogP contribution in [0.4, 0.5) is 0 Å². The van der Waals surface area contributed by atoms with Gasteiger partial charge in [0.2, 0.25) is 5.91 Å². The second-order valence-corrected chi connectivity index (χ2v) is 11.6. The minimum atomic E-state index is -3.43. The van der Waals surface area contributed by atoms with Gasteiger partial charge < -0.3 is 10.1 Å². The fourth-order valence-corrected chi connectivity index (χ4v) is 6.05. The van der Waals surface area contributed by atoms with Crippen LogP contribution >= 0.6 is 11.3 Å². The maximum absolute atomic E-state index is 12.6. The number of thiophene rings is 1. The number of benzene rings is 1. The molecule has 30 heavy (non-hydrogen) atoms. The van der Waals surface area contributed by atoms with Crippen LogP contribution in [0.3, 0.4) is 0 Å². The first kappa shape index (κ1) is 22.8. The third kappa shape index (κ3) is 5.62.